The summed E-state index contributed by atoms with van der Waals surface area (Å²) in [6.45, 7) is 1.89. The van der Waals surface area contributed by atoms with Gasteiger partial charge in [0.15, 0.2) is 0 Å². The summed E-state index contributed by atoms with van der Waals surface area (Å²) in [5.41, 5.74) is 1.68. The van der Waals surface area contributed by atoms with E-state index in [0.29, 0.717) is 11.4 Å². The average Bonchev–Trinajstić information content (AvgIpc) is 2.61. The Balaban J connectivity index is 1.83. The van der Waals surface area contributed by atoms with E-state index in [4.69, 9.17) is 4.74 Å². The summed E-state index contributed by atoms with van der Waals surface area (Å²) >= 11 is 0. The predicted octanol–water partition coefficient (Wildman–Crippen LogP) is 2.77. The van der Waals surface area contributed by atoms with Crippen molar-refractivity contribution in [2.75, 3.05) is 12.4 Å². The zero-order valence-electron chi connectivity index (χ0n) is 13.9. The number of hydrogen-bond acceptors (Lipinski definition) is 3. The minimum atomic E-state index is -0.703. The summed E-state index contributed by atoms with van der Waals surface area (Å²) in [5.74, 6) is -0.844. The lowest BCUT2D eigenvalue weighted by Crippen LogP contribution is -2.40. The van der Waals surface area contributed by atoms with Crippen LogP contribution in [0, 0.1) is 0 Å². The molecule has 5 nitrogen and oxygen atoms in total. The van der Waals surface area contributed by atoms with Crippen molar-refractivity contribution < 1.29 is 14.3 Å². The van der Waals surface area contributed by atoms with Gasteiger partial charge in [0.25, 0.3) is 0 Å². The van der Waals surface area contributed by atoms with Crippen molar-refractivity contribution in [3.05, 3.63) is 60.2 Å². The average molecular weight is 326 g/mol. The predicted molar refractivity (Wildman–Crippen MR) is 94.0 cm³/mol. The molecule has 24 heavy (non-hydrogen) atoms. The lowest BCUT2D eigenvalue weighted by Gasteiger charge is -2.14. The van der Waals surface area contributed by atoms with E-state index in [1.807, 2.05) is 37.3 Å². The summed E-state index contributed by atoms with van der Waals surface area (Å²) in [6.07, 6.45) is 1.61. The highest BCUT2D eigenvalue weighted by atomic mass is 16.5. The smallest absolute Gasteiger partial charge is 0.313 e. The van der Waals surface area contributed by atoms with Gasteiger partial charge in [-0.2, -0.15) is 0 Å². The Kier molecular flexibility index (Phi) is 6.37. The minimum absolute atomic E-state index is 0.0962. The van der Waals surface area contributed by atoms with E-state index in [-0.39, 0.29) is 6.04 Å². The van der Waals surface area contributed by atoms with Crippen molar-refractivity contribution in [1.29, 1.82) is 0 Å². The first kappa shape index (κ1) is 17.5. The molecular weight excluding hydrogens is 304 g/mol. The Morgan fingerprint density at radius 3 is 2.38 bits per heavy atom. The topological polar surface area (TPSA) is 67.4 Å². The summed E-state index contributed by atoms with van der Waals surface area (Å²) in [4.78, 5) is 24.0. The van der Waals surface area contributed by atoms with E-state index in [0.717, 1.165) is 12.8 Å². The molecule has 0 aromatic heterocycles. The number of carbonyl (C=O) groups is 2. The number of aryl methyl sites for hydroxylation is 1. The molecule has 5 heteroatoms. The molecule has 2 rings (SSSR count). The van der Waals surface area contributed by atoms with Gasteiger partial charge in [-0.05, 0) is 37.5 Å². The highest BCUT2D eigenvalue weighted by Gasteiger charge is 2.17. The number of amides is 2. The number of anilines is 1. The second-order valence-electron chi connectivity index (χ2n) is 5.55. The molecule has 126 valence electrons. The van der Waals surface area contributed by atoms with E-state index < -0.39 is 11.8 Å². The number of rotatable bonds is 6. The number of carbonyl (C=O) groups excluding carboxylic acids is 2. The van der Waals surface area contributed by atoms with E-state index in [2.05, 4.69) is 10.6 Å². The molecule has 0 saturated heterocycles. The molecule has 0 saturated carbocycles. The van der Waals surface area contributed by atoms with Gasteiger partial charge in [-0.3, -0.25) is 9.59 Å². The second-order valence-corrected chi connectivity index (χ2v) is 5.55. The van der Waals surface area contributed by atoms with Gasteiger partial charge in [-0.1, -0.05) is 42.5 Å². The Labute approximate surface area is 142 Å². The van der Waals surface area contributed by atoms with Crippen molar-refractivity contribution in [2.24, 2.45) is 0 Å². The Morgan fingerprint density at radius 2 is 1.67 bits per heavy atom. The zero-order chi connectivity index (χ0) is 17.4. The summed E-state index contributed by atoms with van der Waals surface area (Å²) in [5, 5.41) is 5.28. The lowest BCUT2D eigenvalue weighted by atomic mass is 10.1. The second kappa shape index (κ2) is 8.72. The quantitative estimate of drug-likeness (QED) is 0.802. The fourth-order valence-corrected chi connectivity index (χ4v) is 2.32. The molecule has 2 aromatic rings. The first-order valence-electron chi connectivity index (χ1n) is 7.89. The lowest BCUT2D eigenvalue weighted by molar-refractivity contribution is -0.136. The third-order valence-electron chi connectivity index (χ3n) is 3.65. The Hall–Kier alpha value is -2.82. The van der Waals surface area contributed by atoms with Crippen molar-refractivity contribution in [1.82, 2.24) is 5.32 Å². The van der Waals surface area contributed by atoms with Gasteiger partial charge in [0, 0.05) is 6.04 Å². The third-order valence-corrected chi connectivity index (χ3v) is 3.65. The number of ether oxygens (including phenoxy) is 1. The van der Waals surface area contributed by atoms with Gasteiger partial charge in [-0.15, -0.1) is 0 Å². The highest BCUT2D eigenvalue weighted by Crippen LogP contribution is 2.22. The van der Waals surface area contributed by atoms with Gasteiger partial charge < -0.3 is 15.4 Å². The van der Waals surface area contributed by atoms with Gasteiger partial charge in [0.05, 0.1) is 12.8 Å². The molecule has 2 amide bonds. The fourth-order valence-electron chi connectivity index (χ4n) is 2.32. The van der Waals surface area contributed by atoms with E-state index >= 15 is 0 Å². The Morgan fingerprint density at radius 1 is 1.00 bits per heavy atom. The monoisotopic (exact) mass is 326 g/mol. The molecule has 2 aromatic carbocycles. The molecule has 0 bridgehead atoms. The SMILES string of the molecule is COc1ccccc1NC(=O)C(=O)N[C@@H](C)CCc1ccccc1. The molecule has 0 unspecified atom stereocenters. The van der Waals surface area contributed by atoms with Crippen LogP contribution in [0.4, 0.5) is 5.69 Å². The summed E-state index contributed by atoms with van der Waals surface area (Å²) in [7, 11) is 1.51. The fraction of sp³-hybridized carbons (Fsp3) is 0.263. The largest absolute Gasteiger partial charge is 0.495 e. The number of hydrogen-bond donors (Lipinski definition) is 2. The summed E-state index contributed by atoms with van der Waals surface area (Å²) in [6, 6.07) is 16.9. The van der Waals surface area contributed by atoms with Crippen molar-refractivity contribution in [3.63, 3.8) is 0 Å². The molecule has 0 aliphatic heterocycles. The normalized spacial score (nSPS) is 11.4. The molecule has 0 heterocycles. The molecule has 0 radical (unpaired) electrons. The number of benzene rings is 2. The maximum absolute atomic E-state index is 12.0. The number of nitrogens with one attached hydrogen (secondary N) is 2. The molecule has 0 aliphatic carbocycles. The first-order valence-corrected chi connectivity index (χ1v) is 7.89. The molecule has 0 spiro atoms. The van der Waals surface area contributed by atoms with E-state index in [1.54, 1.807) is 24.3 Å². The van der Waals surface area contributed by atoms with Crippen molar-refractivity contribution >= 4 is 17.5 Å². The maximum atomic E-state index is 12.0. The van der Waals surface area contributed by atoms with Crippen LogP contribution in [-0.2, 0) is 16.0 Å². The van der Waals surface area contributed by atoms with Crippen molar-refractivity contribution in [3.8, 4) is 5.75 Å². The minimum Gasteiger partial charge on any atom is -0.495 e. The van der Waals surface area contributed by atoms with Crippen LogP contribution in [-0.4, -0.2) is 25.0 Å². The van der Waals surface area contributed by atoms with Crippen LogP contribution >= 0.6 is 0 Å². The number of para-hydroxylation sites is 2. The standard InChI is InChI=1S/C19H22N2O3/c1-14(12-13-15-8-4-3-5-9-15)20-18(22)19(23)21-16-10-6-7-11-17(16)24-2/h3-11,14H,12-13H2,1-2H3,(H,20,22)(H,21,23)/t14-/m0/s1. The molecule has 0 aliphatic rings. The van der Waals surface area contributed by atoms with Crippen LogP contribution in [0.15, 0.2) is 54.6 Å². The molecule has 2 N–H and O–H groups in total. The van der Waals surface area contributed by atoms with Crippen LogP contribution in [0.3, 0.4) is 0 Å². The van der Waals surface area contributed by atoms with Gasteiger partial charge >= 0.3 is 11.8 Å². The van der Waals surface area contributed by atoms with Gasteiger partial charge in [-0.25, -0.2) is 0 Å². The van der Waals surface area contributed by atoms with Crippen LogP contribution in [0.1, 0.15) is 18.9 Å². The van der Waals surface area contributed by atoms with Crippen molar-refractivity contribution in [2.45, 2.75) is 25.8 Å². The molecule has 0 fully saturated rings. The maximum Gasteiger partial charge on any atom is 0.313 e. The van der Waals surface area contributed by atoms with Crippen LogP contribution in [0.25, 0.3) is 0 Å². The molecular formula is C19H22N2O3. The molecule has 1 atom stereocenters. The Bertz CT molecular complexity index is 686. The van der Waals surface area contributed by atoms with Crippen LogP contribution in [0.2, 0.25) is 0 Å². The summed E-state index contributed by atoms with van der Waals surface area (Å²) < 4.78 is 5.15. The van der Waals surface area contributed by atoms with Gasteiger partial charge in [0.2, 0.25) is 0 Å². The third kappa shape index (κ3) is 5.12. The van der Waals surface area contributed by atoms with E-state index in [1.165, 1.54) is 12.7 Å². The van der Waals surface area contributed by atoms with Crippen LogP contribution < -0.4 is 15.4 Å². The number of methoxy groups -OCH3 is 1. The van der Waals surface area contributed by atoms with Gasteiger partial charge in [0.1, 0.15) is 5.75 Å². The van der Waals surface area contributed by atoms with Crippen LogP contribution in [0.5, 0.6) is 5.75 Å². The van der Waals surface area contributed by atoms with E-state index in [9.17, 15) is 9.59 Å². The first-order chi connectivity index (χ1) is 11.6. The highest BCUT2D eigenvalue weighted by molar-refractivity contribution is 6.39. The zero-order valence-corrected chi connectivity index (χ0v) is 13.9.